The van der Waals surface area contributed by atoms with Crippen molar-refractivity contribution in [2.75, 3.05) is 18.8 Å². The van der Waals surface area contributed by atoms with Gasteiger partial charge in [-0.25, -0.2) is 9.78 Å². The molecule has 1 aromatic rings. The van der Waals surface area contributed by atoms with Crippen molar-refractivity contribution in [1.29, 1.82) is 0 Å². The predicted molar refractivity (Wildman–Crippen MR) is 136 cm³/mol. The number of aromatic nitrogens is 1. The number of thiazole rings is 1. The summed E-state index contributed by atoms with van der Waals surface area (Å²) in [5.74, 6) is -1.87. The molecule has 4 aliphatic rings. The van der Waals surface area contributed by atoms with Gasteiger partial charge in [0.15, 0.2) is 5.13 Å². The smallest absolute Gasteiger partial charge is 0.353 e. The molecule has 12 heteroatoms. The second-order valence-corrected chi connectivity index (χ2v) is 12.7. The van der Waals surface area contributed by atoms with Crippen molar-refractivity contribution >= 4 is 51.8 Å². The molecule has 0 radical (unpaired) electrons. The molecule has 1 aromatic heterocycles. The Kier molecular flexibility index (Phi) is 6.63. The summed E-state index contributed by atoms with van der Waals surface area (Å²) in [5, 5.41) is 13.8. The minimum absolute atomic E-state index is 0.0204. The van der Waals surface area contributed by atoms with Crippen molar-refractivity contribution in [2.45, 2.75) is 63.9 Å². The van der Waals surface area contributed by atoms with E-state index in [9.17, 15) is 24.3 Å². The summed E-state index contributed by atoms with van der Waals surface area (Å²) in [6.45, 7) is 7.07. The molecule has 0 aliphatic carbocycles. The van der Waals surface area contributed by atoms with Gasteiger partial charge >= 0.3 is 5.97 Å². The highest BCUT2D eigenvalue weighted by Gasteiger charge is 2.60. The molecule has 6 atom stereocenters. The first-order valence-electron chi connectivity index (χ1n) is 12.3. The molecule has 0 saturated carbocycles. The molecule has 2 amide bonds. The number of carbonyl (C=O) groups is 4. The fraction of sp³-hybridized carbons (Fsp3) is 0.625. The number of carboxylic acids is 1. The van der Waals surface area contributed by atoms with Crippen molar-refractivity contribution in [3.8, 4) is 0 Å². The summed E-state index contributed by atoms with van der Waals surface area (Å²) in [4.78, 5) is 59.3. The first-order chi connectivity index (χ1) is 17.1. The number of Topliss-reactive ketones (excluding diaryl/α,β-unsaturated/α-hetero) is 1. The zero-order valence-electron chi connectivity index (χ0n) is 20.5. The molecule has 0 aromatic carbocycles. The third-order valence-electron chi connectivity index (χ3n) is 7.76. The number of carbonyl (C=O) groups excluding carboxylic acids is 3. The Hall–Kier alpha value is -2.44. The molecule has 2 saturated heterocycles. The van der Waals surface area contributed by atoms with E-state index in [1.165, 1.54) is 34.9 Å². The molecule has 5 rings (SSSR count). The number of rotatable bonds is 7. The van der Waals surface area contributed by atoms with Gasteiger partial charge in [-0.2, -0.15) is 0 Å². The molecule has 0 spiro atoms. The number of anilines is 1. The normalized spacial score (nSPS) is 30.2. The molecule has 4 N–H and O–H groups in total. The van der Waals surface area contributed by atoms with Crippen LogP contribution in [-0.4, -0.2) is 73.9 Å². The van der Waals surface area contributed by atoms with E-state index in [4.69, 9.17) is 5.73 Å². The highest BCUT2D eigenvalue weighted by Crippen LogP contribution is 2.53. The average Bonchev–Trinajstić information content (AvgIpc) is 3.47. The van der Waals surface area contributed by atoms with Crippen molar-refractivity contribution in [1.82, 2.24) is 20.1 Å². The van der Waals surface area contributed by atoms with Crippen LogP contribution in [0.15, 0.2) is 10.6 Å². The lowest BCUT2D eigenvalue weighted by atomic mass is 9.73. The number of fused-ring (bicyclic) bond motifs is 2. The first kappa shape index (κ1) is 25.2. The largest absolute Gasteiger partial charge is 0.477 e. The SMILES string of the molecule is CC(=O)C[C@H](C)[C@H]1C(=O)N2C(C(=O)O)=C(S[C@@H]3CN[C@H](C(=O)N4CCc5nc(N)sc5C4)C3)[C@H](C)C12. The molecule has 1 unspecified atom stereocenters. The van der Waals surface area contributed by atoms with Crippen molar-refractivity contribution < 1.29 is 24.3 Å². The van der Waals surface area contributed by atoms with Crippen LogP contribution in [0.1, 0.15) is 44.2 Å². The highest BCUT2D eigenvalue weighted by molar-refractivity contribution is 8.03. The Balaban J connectivity index is 1.26. The highest BCUT2D eigenvalue weighted by atomic mass is 32.2. The van der Waals surface area contributed by atoms with Gasteiger partial charge in [-0.05, 0) is 19.3 Å². The number of carboxylic acid groups (broad SMARTS) is 1. The first-order valence-corrected chi connectivity index (χ1v) is 14.0. The lowest BCUT2D eigenvalue weighted by Gasteiger charge is -2.47. The Morgan fingerprint density at radius 1 is 1.36 bits per heavy atom. The van der Waals surface area contributed by atoms with Gasteiger partial charge in [0, 0.05) is 46.9 Å². The maximum atomic E-state index is 13.2. The molecular weight excluding hydrogens is 502 g/mol. The van der Waals surface area contributed by atoms with Gasteiger partial charge in [-0.1, -0.05) is 13.8 Å². The van der Waals surface area contributed by atoms with Crippen LogP contribution in [0.5, 0.6) is 0 Å². The third-order valence-corrected chi connectivity index (χ3v) is 10.2. The molecule has 36 heavy (non-hydrogen) atoms. The zero-order chi connectivity index (χ0) is 25.9. The second kappa shape index (κ2) is 9.46. The molecule has 4 aliphatic heterocycles. The van der Waals surface area contributed by atoms with E-state index in [1.807, 2.05) is 18.7 Å². The number of hydrogen-bond donors (Lipinski definition) is 3. The van der Waals surface area contributed by atoms with E-state index >= 15 is 0 Å². The lowest BCUT2D eigenvalue weighted by molar-refractivity contribution is -0.160. The Bertz CT molecular complexity index is 1170. The quantitative estimate of drug-likeness (QED) is 0.443. The zero-order valence-corrected chi connectivity index (χ0v) is 22.2. The van der Waals surface area contributed by atoms with Gasteiger partial charge in [0.2, 0.25) is 11.8 Å². The fourth-order valence-electron chi connectivity index (χ4n) is 6.13. The van der Waals surface area contributed by atoms with Crippen LogP contribution in [0.25, 0.3) is 0 Å². The summed E-state index contributed by atoms with van der Waals surface area (Å²) in [6.07, 6.45) is 1.59. The summed E-state index contributed by atoms with van der Waals surface area (Å²) in [5.41, 5.74) is 6.87. The van der Waals surface area contributed by atoms with Crippen LogP contribution < -0.4 is 11.1 Å². The summed E-state index contributed by atoms with van der Waals surface area (Å²) >= 11 is 2.90. The summed E-state index contributed by atoms with van der Waals surface area (Å²) in [7, 11) is 0. The predicted octanol–water partition coefficient (Wildman–Crippen LogP) is 1.46. The third kappa shape index (κ3) is 4.22. The van der Waals surface area contributed by atoms with Crippen LogP contribution in [0.4, 0.5) is 5.13 Å². The van der Waals surface area contributed by atoms with Crippen molar-refractivity contribution in [2.24, 2.45) is 17.8 Å². The van der Waals surface area contributed by atoms with Gasteiger partial charge in [-0.15, -0.1) is 23.1 Å². The number of β-lactam (4-membered cyclic amide) rings is 1. The van der Waals surface area contributed by atoms with E-state index in [0.29, 0.717) is 48.9 Å². The number of amides is 2. The standard InChI is InChI=1S/C24H31N5O5S2/c1-10(6-11(2)30)17-18-12(3)20(19(23(33)34)29(18)22(17)32)35-13-7-15(26-8-13)21(31)28-5-4-14-16(9-28)36-24(25)27-14/h10,12-13,15,17-18,26H,4-9H2,1-3H3,(H2,25,27)(H,33,34)/t10-,12+,13-,15-,17+,18?/m0/s1. The van der Waals surface area contributed by atoms with Crippen molar-refractivity contribution in [3.05, 3.63) is 21.2 Å². The van der Waals surface area contributed by atoms with E-state index in [1.54, 1.807) is 0 Å². The maximum absolute atomic E-state index is 13.2. The van der Waals surface area contributed by atoms with Crippen LogP contribution in [-0.2, 0) is 32.1 Å². The van der Waals surface area contributed by atoms with E-state index in [0.717, 1.165) is 10.6 Å². The summed E-state index contributed by atoms with van der Waals surface area (Å²) < 4.78 is 0. The molecule has 194 valence electrons. The average molecular weight is 534 g/mol. The van der Waals surface area contributed by atoms with Crippen LogP contribution >= 0.6 is 23.1 Å². The number of thioether (sulfide) groups is 1. The van der Waals surface area contributed by atoms with Gasteiger partial charge in [0.05, 0.1) is 30.2 Å². The minimum atomic E-state index is -1.11. The van der Waals surface area contributed by atoms with E-state index in [-0.39, 0.29) is 58.4 Å². The van der Waals surface area contributed by atoms with Crippen molar-refractivity contribution in [3.63, 3.8) is 0 Å². The molecule has 2 fully saturated rings. The van der Waals surface area contributed by atoms with E-state index in [2.05, 4.69) is 10.3 Å². The molecule has 5 heterocycles. The topological polar surface area (TPSA) is 146 Å². The number of nitrogen functional groups attached to an aromatic ring is 1. The van der Waals surface area contributed by atoms with Gasteiger partial charge < -0.3 is 30.8 Å². The van der Waals surface area contributed by atoms with Gasteiger partial charge in [-0.3, -0.25) is 9.59 Å². The molecule has 0 bridgehead atoms. The van der Waals surface area contributed by atoms with Crippen LogP contribution in [0.3, 0.4) is 0 Å². The number of hydrogen-bond acceptors (Lipinski definition) is 9. The lowest BCUT2D eigenvalue weighted by Crippen LogP contribution is -2.62. The fourth-order valence-corrected chi connectivity index (χ4v) is 8.50. The monoisotopic (exact) mass is 533 g/mol. The van der Waals surface area contributed by atoms with Gasteiger partial charge in [0.1, 0.15) is 11.5 Å². The summed E-state index contributed by atoms with van der Waals surface area (Å²) in [6, 6.07) is -0.566. The minimum Gasteiger partial charge on any atom is -0.477 e. The van der Waals surface area contributed by atoms with Crippen LogP contribution in [0.2, 0.25) is 0 Å². The Labute approximate surface area is 217 Å². The number of aliphatic carboxylic acids is 1. The number of nitrogens with zero attached hydrogens (tertiary/aromatic N) is 3. The van der Waals surface area contributed by atoms with E-state index < -0.39 is 5.97 Å². The second-order valence-electron chi connectivity index (χ2n) is 10.3. The number of nitrogens with two attached hydrogens (primary N) is 1. The maximum Gasteiger partial charge on any atom is 0.353 e. The Morgan fingerprint density at radius 2 is 2.11 bits per heavy atom. The van der Waals surface area contributed by atoms with Crippen LogP contribution in [0, 0.1) is 17.8 Å². The molecule has 10 nitrogen and oxygen atoms in total. The molecular formula is C24H31N5O5S2. The number of ketones is 1. The van der Waals surface area contributed by atoms with Gasteiger partial charge in [0.25, 0.3) is 0 Å². The number of nitrogens with one attached hydrogen (secondary N) is 1. The Morgan fingerprint density at radius 3 is 2.81 bits per heavy atom.